The summed E-state index contributed by atoms with van der Waals surface area (Å²) in [6, 6.07) is 0. The van der Waals surface area contributed by atoms with E-state index in [1.165, 1.54) is 6.08 Å². The van der Waals surface area contributed by atoms with Crippen LogP contribution in [0.4, 0.5) is 0 Å². The molecule has 4 unspecified atom stereocenters. The van der Waals surface area contributed by atoms with Crippen LogP contribution in [0.1, 0.15) is 33.1 Å². The molecule has 104 valence electrons. The molecule has 0 heterocycles. The van der Waals surface area contributed by atoms with Crippen molar-refractivity contribution < 1.29 is 19.8 Å². The van der Waals surface area contributed by atoms with Gasteiger partial charge in [-0.1, -0.05) is 19.1 Å². The predicted molar refractivity (Wildman–Crippen MR) is 70.5 cm³/mol. The van der Waals surface area contributed by atoms with Crippen LogP contribution in [0.5, 0.6) is 0 Å². The molecule has 0 aliphatic heterocycles. The van der Waals surface area contributed by atoms with Crippen LogP contribution in [0.25, 0.3) is 0 Å². The normalized spacial score (nSPS) is 38.4. The van der Waals surface area contributed by atoms with E-state index in [1.807, 2.05) is 13.8 Å². The van der Waals surface area contributed by atoms with Gasteiger partial charge in [0.15, 0.2) is 5.78 Å². The van der Waals surface area contributed by atoms with Crippen molar-refractivity contribution in [2.75, 3.05) is 0 Å². The second kappa shape index (κ2) is 4.60. The molecule has 4 nitrogen and oxygen atoms in total. The number of carbonyl (C=O) groups excluding carboxylic acids is 1. The van der Waals surface area contributed by atoms with E-state index in [0.29, 0.717) is 19.3 Å². The number of allylic oxidation sites excluding steroid dienone is 1. The predicted octanol–water partition coefficient (Wildman–Crippen LogP) is 1.94. The average molecular weight is 264 g/mol. The molecule has 1 fully saturated rings. The number of aliphatic hydroxyl groups is 1. The van der Waals surface area contributed by atoms with Crippen molar-refractivity contribution in [2.24, 2.45) is 17.3 Å². The van der Waals surface area contributed by atoms with Gasteiger partial charge < -0.3 is 10.2 Å². The van der Waals surface area contributed by atoms with E-state index in [-0.39, 0.29) is 23.2 Å². The van der Waals surface area contributed by atoms with Gasteiger partial charge in [-0.25, -0.2) is 4.79 Å². The van der Waals surface area contributed by atoms with Gasteiger partial charge in [-0.3, -0.25) is 4.79 Å². The van der Waals surface area contributed by atoms with E-state index >= 15 is 0 Å². The topological polar surface area (TPSA) is 74.6 Å². The number of carboxylic acids is 1. The molecule has 1 saturated carbocycles. The molecule has 0 aromatic heterocycles. The maximum absolute atomic E-state index is 11.8. The Labute approximate surface area is 112 Å². The zero-order chi connectivity index (χ0) is 14.4. The molecule has 0 aromatic carbocycles. The second-order valence-corrected chi connectivity index (χ2v) is 6.05. The molecule has 2 aliphatic rings. The molecule has 2 rings (SSSR count). The minimum absolute atomic E-state index is 0.0510. The minimum Gasteiger partial charge on any atom is -0.478 e. The van der Waals surface area contributed by atoms with E-state index < -0.39 is 17.5 Å². The van der Waals surface area contributed by atoms with Crippen LogP contribution in [-0.2, 0) is 9.59 Å². The van der Waals surface area contributed by atoms with E-state index in [2.05, 4.69) is 6.58 Å². The highest BCUT2D eigenvalue weighted by molar-refractivity contribution is 5.96. The van der Waals surface area contributed by atoms with Gasteiger partial charge in [0.25, 0.3) is 0 Å². The summed E-state index contributed by atoms with van der Waals surface area (Å²) in [6.45, 7) is 7.46. The van der Waals surface area contributed by atoms with Crippen LogP contribution >= 0.6 is 0 Å². The molecule has 19 heavy (non-hydrogen) atoms. The summed E-state index contributed by atoms with van der Waals surface area (Å²) in [5.74, 6) is -1.20. The standard InChI is InChI=1S/C15H20O4/c1-8-6-12(16)13(17)15(3)5-4-10(7-11(8)15)9(2)14(18)19/h6,10-11,13,17H,2,4-5,7H2,1,3H3,(H,18,19). The summed E-state index contributed by atoms with van der Waals surface area (Å²) in [5.41, 5.74) is 0.715. The summed E-state index contributed by atoms with van der Waals surface area (Å²) in [7, 11) is 0. The Morgan fingerprint density at radius 3 is 2.74 bits per heavy atom. The van der Waals surface area contributed by atoms with E-state index in [0.717, 1.165) is 5.57 Å². The summed E-state index contributed by atoms with van der Waals surface area (Å²) in [6.07, 6.45) is 2.49. The number of rotatable bonds is 2. The number of fused-ring (bicyclic) bond motifs is 1. The highest BCUT2D eigenvalue weighted by Crippen LogP contribution is 2.52. The highest BCUT2D eigenvalue weighted by atomic mass is 16.4. The fraction of sp³-hybridized carbons (Fsp3) is 0.600. The van der Waals surface area contributed by atoms with Crippen LogP contribution in [-0.4, -0.2) is 28.1 Å². The van der Waals surface area contributed by atoms with Crippen molar-refractivity contribution in [1.29, 1.82) is 0 Å². The number of carbonyl (C=O) groups is 2. The molecule has 0 spiro atoms. The molecule has 0 radical (unpaired) electrons. The smallest absolute Gasteiger partial charge is 0.331 e. The van der Waals surface area contributed by atoms with Crippen LogP contribution in [0.15, 0.2) is 23.8 Å². The fourth-order valence-electron chi connectivity index (χ4n) is 3.58. The third-order valence-electron chi connectivity index (χ3n) is 4.93. The zero-order valence-corrected chi connectivity index (χ0v) is 11.3. The number of hydrogen-bond donors (Lipinski definition) is 2. The van der Waals surface area contributed by atoms with Crippen molar-refractivity contribution in [3.05, 3.63) is 23.8 Å². The first-order valence-electron chi connectivity index (χ1n) is 6.59. The first kappa shape index (κ1) is 14.0. The largest absolute Gasteiger partial charge is 0.478 e. The average Bonchev–Trinajstić information content (AvgIpc) is 2.35. The van der Waals surface area contributed by atoms with Gasteiger partial charge in [0.1, 0.15) is 6.10 Å². The third kappa shape index (κ3) is 2.14. The Balaban J connectivity index is 2.29. The quantitative estimate of drug-likeness (QED) is 0.747. The fourth-order valence-corrected chi connectivity index (χ4v) is 3.58. The Morgan fingerprint density at radius 1 is 1.53 bits per heavy atom. The number of hydrogen-bond acceptors (Lipinski definition) is 3. The monoisotopic (exact) mass is 264 g/mol. The highest BCUT2D eigenvalue weighted by Gasteiger charge is 2.50. The summed E-state index contributed by atoms with van der Waals surface area (Å²) in [5, 5.41) is 19.2. The number of ketones is 1. The minimum atomic E-state index is -0.972. The van der Waals surface area contributed by atoms with Gasteiger partial charge in [-0.2, -0.15) is 0 Å². The first-order chi connectivity index (χ1) is 8.77. The molecule has 2 N–H and O–H groups in total. The molecule has 4 atom stereocenters. The molecular formula is C15H20O4. The van der Waals surface area contributed by atoms with Gasteiger partial charge in [0.05, 0.1) is 0 Å². The molecule has 0 bridgehead atoms. The van der Waals surface area contributed by atoms with Gasteiger partial charge in [-0.15, -0.1) is 0 Å². The lowest BCUT2D eigenvalue weighted by molar-refractivity contribution is -0.137. The van der Waals surface area contributed by atoms with Crippen molar-refractivity contribution >= 4 is 11.8 Å². The lowest BCUT2D eigenvalue weighted by atomic mass is 9.56. The first-order valence-corrected chi connectivity index (χ1v) is 6.59. The van der Waals surface area contributed by atoms with Gasteiger partial charge in [0, 0.05) is 11.0 Å². The van der Waals surface area contributed by atoms with Gasteiger partial charge in [-0.05, 0) is 44.1 Å². The Hall–Kier alpha value is -1.42. The maximum Gasteiger partial charge on any atom is 0.331 e. The Kier molecular flexibility index (Phi) is 3.39. The lowest BCUT2D eigenvalue weighted by Gasteiger charge is -2.49. The van der Waals surface area contributed by atoms with E-state index in [1.54, 1.807) is 0 Å². The lowest BCUT2D eigenvalue weighted by Crippen LogP contribution is -2.50. The molecule has 0 saturated heterocycles. The van der Waals surface area contributed by atoms with Gasteiger partial charge in [0.2, 0.25) is 0 Å². The molecule has 2 aliphatic carbocycles. The van der Waals surface area contributed by atoms with Crippen LogP contribution in [0, 0.1) is 17.3 Å². The number of aliphatic carboxylic acids is 1. The number of carboxylic acid groups (broad SMARTS) is 1. The molecular weight excluding hydrogens is 244 g/mol. The van der Waals surface area contributed by atoms with Crippen molar-refractivity contribution in [1.82, 2.24) is 0 Å². The van der Waals surface area contributed by atoms with Crippen molar-refractivity contribution in [3.63, 3.8) is 0 Å². The van der Waals surface area contributed by atoms with Crippen LogP contribution < -0.4 is 0 Å². The van der Waals surface area contributed by atoms with E-state index in [4.69, 9.17) is 5.11 Å². The van der Waals surface area contributed by atoms with Crippen molar-refractivity contribution in [2.45, 2.75) is 39.2 Å². The van der Waals surface area contributed by atoms with Crippen LogP contribution in [0.3, 0.4) is 0 Å². The summed E-state index contributed by atoms with van der Waals surface area (Å²) < 4.78 is 0. The van der Waals surface area contributed by atoms with Crippen molar-refractivity contribution in [3.8, 4) is 0 Å². The van der Waals surface area contributed by atoms with Gasteiger partial charge >= 0.3 is 5.97 Å². The second-order valence-electron chi connectivity index (χ2n) is 6.05. The summed E-state index contributed by atoms with van der Waals surface area (Å²) >= 11 is 0. The molecule has 0 aromatic rings. The number of aliphatic hydroxyl groups excluding tert-OH is 1. The van der Waals surface area contributed by atoms with E-state index in [9.17, 15) is 14.7 Å². The zero-order valence-electron chi connectivity index (χ0n) is 11.3. The summed E-state index contributed by atoms with van der Waals surface area (Å²) in [4.78, 5) is 22.8. The maximum atomic E-state index is 11.8. The Bertz CT molecular complexity index is 477. The Morgan fingerprint density at radius 2 is 2.16 bits per heavy atom. The third-order valence-corrected chi connectivity index (χ3v) is 4.93. The molecule has 0 amide bonds. The van der Waals surface area contributed by atoms with Crippen LogP contribution in [0.2, 0.25) is 0 Å². The molecule has 4 heteroatoms. The SMILES string of the molecule is C=C(C(=O)O)C1CCC2(C)C(O)C(=O)C=C(C)C2C1.